The number of hydrogen-bond donors (Lipinski definition) is 3. The van der Waals surface area contributed by atoms with E-state index in [-0.39, 0.29) is 5.56 Å². The number of nitrogens with two attached hydrogens (primary N) is 1. The molecule has 4 N–H and O–H groups in total. The van der Waals surface area contributed by atoms with Crippen molar-refractivity contribution >= 4 is 22.4 Å². The molecule has 2 heterocycles. The Bertz CT molecular complexity index is 957. The third-order valence-electron chi connectivity index (χ3n) is 3.77. The zero-order chi connectivity index (χ0) is 17.8. The standard InChI is InChI=1S/C19H21N5O/c1-24(2)12-13-5-7-15(8-6-13)22-11-17(20)16-10-14-4-3-9-21-18(14)23-19(16)25/h3-11,22H,12,20H2,1-2H3,(H,21,23,25)/b17-11-. The highest BCUT2D eigenvalue weighted by Crippen LogP contribution is 2.14. The Morgan fingerprint density at radius 1 is 1.28 bits per heavy atom. The number of hydrogen-bond acceptors (Lipinski definition) is 5. The fourth-order valence-electron chi connectivity index (χ4n) is 2.56. The first-order valence-electron chi connectivity index (χ1n) is 7.97. The third-order valence-corrected chi connectivity index (χ3v) is 3.77. The van der Waals surface area contributed by atoms with E-state index in [1.807, 2.05) is 38.4 Å². The van der Waals surface area contributed by atoms with Crippen molar-refractivity contribution in [2.75, 3.05) is 19.4 Å². The van der Waals surface area contributed by atoms with Crippen LogP contribution in [0.2, 0.25) is 0 Å². The molecule has 0 aliphatic rings. The monoisotopic (exact) mass is 335 g/mol. The molecule has 128 valence electrons. The van der Waals surface area contributed by atoms with Gasteiger partial charge in [0.15, 0.2) is 0 Å². The van der Waals surface area contributed by atoms with E-state index >= 15 is 0 Å². The van der Waals surface area contributed by atoms with Crippen molar-refractivity contribution in [2.45, 2.75) is 6.54 Å². The van der Waals surface area contributed by atoms with Gasteiger partial charge in [-0.25, -0.2) is 4.98 Å². The normalized spacial score (nSPS) is 11.9. The highest BCUT2D eigenvalue weighted by molar-refractivity contribution is 5.79. The molecule has 0 bridgehead atoms. The van der Waals surface area contributed by atoms with Crippen LogP contribution in [0.5, 0.6) is 0 Å². The molecule has 0 fully saturated rings. The maximum absolute atomic E-state index is 12.2. The fraction of sp³-hybridized carbons (Fsp3) is 0.158. The molecule has 2 aromatic heterocycles. The number of pyridine rings is 2. The zero-order valence-electron chi connectivity index (χ0n) is 14.3. The van der Waals surface area contributed by atoms with Gasteiger partial charge in [0.05, 0.1) is 11.3 Å². The Morgan fingerprint density at radius 3 is 2.76 bits per heavy atom. The van der Waals surface area contributed by atoms with Gasteiger partial charge in [0.1, 0.15) is 5.65 Å². The summed E-state index contributed by atoms with van der Waals surface area (Å²) >= 11 is 0. The van der Waals surface area contributed by atoms with Crippen LogP contribution in [0.4, 0.5) is 5.69 Å². The van der Waals surface area contributed by atoms with E-state index in [9.17, 15) is 4.79 Å². The van der Waals surface area contributed by atoms with Crippen LogP contribution in [0.25, 0.3) is 16.7 Å². The number of aromatic amines is 1. The van der Waals surface area contributed by atoms with E-state index in [1.54, 1.807) is 18.5 Å². The first-order valence-corrected chi connectivity index (χ1v) is 7.97. The SMILES string of the molecule is CN(C)Cc1ccc(N/C=C(\N)c2cc3cccnc3[nH]c2=O)cc1. The lowest BCUT2D eigenvalue weighted by Gasteiger charge is -2.10. The number of nitrogens with zero attached hydrogens (tertiary/aromatic N) is 2. The van der Waals surface area contributed by atoms with Crippen molar-refractivity contribution in [1.29, 1.82) is 0 Å². The van der Waals surface area contributed by atoms with Gasteiger partial charge < -0.3 is 20.9 Å². The molecule has 0 aliphatic carbocycles. The minimum Gasteiger partial charge on any atom is -0.397 e. The van der Waals surface area contributed by atoms with Crippen molar-refractivity contribution < 1.29 is 0 Å². The van der Waals surface area contributed by atoms with Crippen LogP contribution in [-0.4, -0.2) is 29.0 Å². The molecule has 3 aromatic rings. The largest absolute Gasteiger partial charge is 0.397 e. The molecule has 0 saturated carbocycles. The average Bonchev–Trinajstić information content (AvgIpc) is 2.60. The van der Waals surface area contributed by atoms with Gasteiger partial charge in [-0.3, -0.25) is 4.79 Å². The van der Waals surface area contributed by atoms with E-state index in [0.29, 0.717) is 16.9 Å². The highest BCUT2D eigenvalue weighted by atomic mass is 16.1. The third kappa shape index (κ3) is 4.05. The molecule has 0 amide bonds. The van der Waals surface area contributed by atoms with Gasteiger partial charge in [-0.15, -0.1) is 0 Å². The van der Waals surface area contributed by atoms with E-state index in [0.717, 1.165) is 17.6 Å². The molecule has 25 heavy (non-hydrogen) atoms. The lowest BCUT2D eigenvalue weighted by Crippen LogP contribution is -2.16. The number of nitrogens with one attached hydrogen (secondary N) is 2. The van der Waals surface area contributed by atoms with Gasteiger partial charge in [-0.05, 0) is 50.0 Å². The predicted octanol–water partition coefficient (Wildman–Crippen LogP) is 2.35. The van der Waals surface area contributed by atoms with Gasteiger partial charge in [0.2, 0.25) is 0 Å². The number of aromatic nitrogens is 2. The quantitative estimate of drug-likeness (QED) is 0.666. The molecule has 6 nitrogen and oxygen atoms in total. The number of H-pyrrole nitrogens is 1. The van der Waals surface area contributed by atoms with E-state index in [1.165, 1.54) is 5.56 Å². The summed E-state index contributed by atoms with van der Waals surface area (Å²) < 4.78 is 0. The Hall–Kier alpha value is -3.12. The molecule has 0 spiro atoms. The van der Waals surface area contributed by atoms with Gasteiger partial charge in [0.25, 0.3) is 5.56 Å². The Kier molecular flexibility index (Phi) is 4.81. The first kappa shape index (κ1) is 16.7. The van der Waals surface area contributed by atoms with Crippen molar-refractivity contribution in [3.63, 3.8) is 0 Å². The van der Waals surface area contributed by atoms with Crippen LogP contribution in [-0.2, 0) is 6.54 Å². The molecular weight excluding hydrogens is 314 g/mol. The molecule has 6 heteroatoms. The number of anilines is 1. The summed E-state index contributed by atoms with van der Waals surface area (Å²) in [6.45, 7) is 0.888. The number of fused-ring (bicyclic) bond motifs is 1. The molecular formula is C19H21N5O. The lowest BCUT2D eigenvalue weighted by atomic mass is 10.1. The number of benzene rings is 1. The second-order valence-corrected chi connectivity index (χ2v) is 6.13. The second-order valence-electron chi connectivity index (χ2n) is 6.13. The van der Waals surface area contributed by atoms with Crippen LogP contribution < -0.4 is 16.6 Å². The first-order chi connectivity index (χ1) is 12.0. The molecule has 0 aliphatic heterocycles. The highest BCUT2D eigenvalue weighted by Gasteiger charge is 2.06. The second kappa shape index (κ2) is 7.19. The lowest BCUT2D eigenvalue weighted by molar-refractivity contribution is 0.402. The summed E-state index contributed by atoms with van der Waals surface area (Å²) in [5.74, 6) is 0. The predicted molar refractivity (Wildman–Crippen MR) is 102 cm³/mol. The van der Waals surface area contributed by atoms with E-state index < -0.39 is 0 Å². The average molecular weight is 335 g/mol. The Morgan fingerprint density at radius 2 is 2.04 bits per heavy atom. The van der Waals surface area contributed by atoms with Crippen LogP contribution in [0.3, 0.4) is 0 Å². The minimum absolute atomic E-state index is 0.261. The summed E-state index contributed by atoms with van der Waals surface area (Å²) in [4.78, 5) is 21.2. The van der Waals surface area contributed by atoms with Crippen molar-refractivity contribution in [2.24, 2.45) is 5.73 Å². The minimum atomic E-state index is -0.261. The maximum atomic E-state index is 12.2. The topological polar surface area (TPSA) is 87.0 Å². The molecule has 3 rings (SSSR count). The maximum Gasteiger partial charge on any atom is 0.259 e. The summed E-state index contributed by atoms with van der Waals surface area (Å²) in [5.41, 5.74) is 9.28. The van der Waals surface area contributed by atoms with E-state index in [4.69, 9.17) is 5.73 Å². The number of rotatable bonds is 5. The van der Waals surface area contributed by atoms with E-state index in [2.05, 4.69) is 32.3 Å². The van der Waals surface area contributed by atoms with Crippen LogP contribution >= 0.6 is 0 Å². The summed E-state index contributed by atoms with van der Waals surface area (Å²) in [5, 5.41) is 3.96. The van der Waals surface area contributed by atoms with Crippen LogP contribution in [0.1, 0.15) is 11.1 Å². The fourth-order valence-corrected chi connectivity index (χ4v) is 2.56. The van der Waals surface area contributed by atoms with Crippen molar-refractivity contribution in [3.8, 4) is 0 Å². The summed E-state index contributed by atoms with van der Waals surface area (Å²) in [6.07, 6.45) is 3.27. The van der Waals surface area contributed by atoms with Crippen molar-refractivity contribution in [1.82, 2.24) is 14.9 Å². The Balaban J connectivity index is 1.80. The molecule has 0 unspecified atom stereocenters. The summed E-state index contributed by atoms with van der Waals surface area (Å²) in [7, 11) is 4.07. The van der Waals surface area contributed by atoms with Crippen LogP contribution in [0.15, 0.2) is 59.7 Å². The summed E-state index contributed by atoms with van der Waals surface area (Å²) in [6, 6.07) is 13.5. The molecule has 0 radical (unpaired) electrons. The van der Waals surface area contributed by atoms with Crippen molar-refractivity contribution in [3.05, 3.63) is 76.3 Å². The van der Waals surface area contributed by atoms with Gasteiger partial charge in [0, 0.05) is 30.0 Å². The molecule has 0 atom stereocenters. The molecule has 1 aromatic carbocycles. The zero-order valence-corrected chi connectivity index (χ0v) is 14.3. The van der Waals surface area contributed by atoms with Crippen LogP contribution in [0, 0.1) is 0 Å². The van der Waals surface area contributed by atoms with Gasteiger partial charge >= 0.3 is 0 Å². The smallest absolute Gasteiger partial charge is 0.259 e. The van der Waals surface area contributed by atoms with Gasteiger partial charge in [-0.1, -0.05) is 12.1 Å². The Labute approximate surface area is 146 Å². The molecule has 0 saturated heterocycles. The van der Waals surface area contributed by atoms with Gasteiger partial charge in [-0.2, -0.15) is 0 Å².